The Morgan fingerprint density at radius 2 is 1.48 bits per heavy atom. The molecule has 0 saturated carbocycles. The molecule has 0 bridgehead atoms. The number of carbonyl (C=O) groups excluding carboxylic acids is 4. The Morgan fingerprint density at radius 3 is 2.00 bits per heavy atom. The lowest BCUT2D eigenvalue weighted by Gasteiger charge is -2.36. The number of likely N-dealkylation sites (tertiary alicyclic amines) is 2. The Balaban J connectivity index is 1.76. The number of nitrogens with one attached hydrogen (secondary N) is 1. The average molecular weight is 578 g/mol. The van der Waals surface area contributed by atoms with Gasteiger partial charge in [0, 0.05) is 31.5 Å². The fourth-order valence-electron chi connectivity index (χ4n) is 6.26. The third kappa shape index (κ3) is 6.94. The molecule has 0 aliphatic carbocycles. The number of hydrogen-bond acceptors (Lipinski definition) is 6. The van der Waals surface area contributed by atoms with Crippen molar-refractivity contribution in [2.45, 2.75) is 71.0 Å². The number of rotatable bonds is 7. The van der Waals surface area contributed by atoms with Gasteiger partial charge < -0.3 is 24.6 Å². The minimum absolute atomic E-state index is 0.188. The molecule has 2 aliphatic rings. The third-order valence-electron chi connectivity index (χ3n) is 8.07. The number of carbonyl (C=O) groups is 4. The predicted molar refractivity (Wildman–Crippen MR) is 158 cm³/mol. The summed E-state index contributed by atoms with van der Waals surface area (Å²) < 4.78 is 10.5. The van der Waals surface area contributed by atoms with Gasteiger partial charge in [-0.2, -0.15) is 0 Å². The monoisotopic (exact) mass is 577 g/mol. The molecule has 1 N–H and O–H groups in total. The van der Waals surface area contributed by atoms with Crippen LogP contribution in [0.25, 0.3) is 0 Å². The van der Waals surface area contributed by atoms with Crippen LogP contribution in [0.1, 0.15) is 70.0 Å². The van der Waals surface area contributed by atoms with Crippen molar-refractivity contribution in [2.24, 2.45) is 11.3 Å². The van der Waals surface area contributed by atoms with Crippen LogP contribution in [0.2, 0.25) is 0 Å². The molecule has 2 heterocycles. The zero-order chi connectivity index (χ0) is 30.4. The molecule has 3 amide bonds. The van der Waals surface area contributed by atoms with Crippen LogP contribution in [-0.4, -0.2) is 72.6 Å². The predicted octanol–water partition coefficient (Wildman–Crippen LogP) is 4.68. The van der Waals surface area contributed by atoms with Gasteiger partial charge in [0.25, 0.3) is 0 Å². The van der Waals surface area contributed by atoms with E-state index in [0.717, 1.165) is 11.1 Å². The normalized spacial score (nSPS) is 22.9. The lowest BCUT2D eigenvalue weighted by atomic mass is 9.79. The summed E-state index contributed by atoms with van der Waals surface area (Å²) in [5.41, 5.74) is 1.22. The molecule has 2 aromatic carbocycles. The van der Waals surface area contributed by atoms with Crippen LogP contribution in [0.15, 0.2) is 60.7 Å². The van der Waals surface area contributed by atoms with Gasteiger partial charge in [-0.15, -0.1) is 0 Å². The van der Waals surface area contributed by atoms with Gasteiger partial charge in [-0.3, -0.25) is 14.4 Å². The van der Waals surface area contributed by atoms with Gasteiger partial charge in [-0.1, -0.05) is 81.4 Å². The van der Waals surface area contributed by atoms with Gasteiger partial charge in [0.2, 0.25) is 11.8 Å². The summed E-state index contributed by atoms with van der Waals surface area (Å²) in [4.78, 5) is 57.7. The molecule has 2 fully saturated rings. The summed E-state index contributed by atoms with van der Waals surface area (Å²) in [5, 5.41) is 3.19. The van der Waals surface area contributed by atoms with Crippen molar-refractivity contribution in [2.75, 3.05) is 26.8 Å². The number of esters is 1. The second-order valence-corrected chi connectivity index (χ2v) is 12.3. The van der Waals surface area contributed by atoms with E-state index < -0.39 is 29.9 Å². The first-order valence-corrected chi connectivity index (χ1v) is 14.8. The number of methoxy groups -OCH3 is 1. The lowest BCUT2D eigenvalue weighted by Crippen LogP contribution is -2.53. The SMILES string of the molecule is CCOC(=O)N1CCC(NC(=O)C2C(c3ccccc3)C(C(=O)OC)C(c3ccccc3)N2C(=O)CC(C)(C)C)CC1. The maximum Gasteiger partial charge on any atom is 0.409 e. The highest BCUT2D eigenvalue weighted by molar-refractivity contribution is 5.93. The van der Waals surface area contributed by atoms with E-state index in [0.29, 0.717) is 32.5 Å². The van der Waals surface area contributed by atoms with Crippen molar-refractivity contribution < 1.29 is 28.7 Å². The lowest BCUT2D eigenvalue weighted by molar-refractivity contribution is -0.148. The molecule has 2 aromatic rings. The number of benzene rings is 2. The second kappa shape index (κ2) is 13.4. The molecule has 2 aliphatic heterocycles. The Hall–Kier alpha value is -3.88. The third-order valence-corrected chi connectivity index (χ3v) is 8.07. The first kappa shape index (κ1) is 31.1. The average Bonchev–Trinajstić information content (AvgIpc) is 3.34. The number of piperidine rings is 1. The van der Waals surface area contributed by atoms with E-state index in [9.17, 15) is 19.2 Å². The highest BCUT2D eigenvalue weighted by atomic mass is 16.6. The van der Waals surface area contributed by atoms with E-state index in [4.69, 9.17) is 9.47 Å². The highest BCUT2D eigenvalue weighted by Gasteiger charge is 2.58. The van der Waals surface area contributed by atoms with Gasteiger partial charge >= 0.3 is 12.1 Å². The molecule has 42 heavy (non-hydrogen) atoms. The molecule has 0 radical (unpaired) electrons. The van der Waals surface area contributed by atoms with E-state index >= 15 is 0 Å². The first-order chi connectivity index (χ1) is 20.1. The van der Waals surface area contributed by atoms with Crippen LogP contribution in [0.3, 0.4) is 0 Å². The van der Waals surface area contributed by atoms with E-state index in [-0.39, 0.29) is 35.8 Å². The molecule has 226 valence electrons. The fourth-order valence-corrected chi connectivity index (χ4v) is 6.26. The summed E-state index contributed by atoms with van der Waals surface area (Å²) in [6.45, 7) is 8.94. The molecular formula is C33H43N3O6. The molecule has 4 rings (SSSR count). The number of amides is 3. The van der Waals surface area contributed by atoms with Crippen molar-refractivity contribution >= 4 is 23.9 Å². The number of ether oxygens (including phenoxy) is 2. The van der Waals surface area contributed by atoms with Gasteiger partial charge in [0.05, 0.1) is 25.7 Å². The van der Waals surface area contributed by atoms with E-state index in [1.807, 2.05) is 81.4 Å². The molecule has 0 aromatic heterocycles. The molecular weight excluding hydrogens is 534 g/mol. The van der Waals surface area contributed by atoms with Crippen LogP contribution in [0.5, 0.6) is 0 Å². The van der Waals surface area contributed by atoms with Crippen LogP contribution in [0.4, 0.5) is 4.79 Å². The molecule has 0 spiro atoms. The quantitative estimate of drug-likeness (QED) is 0.479. The van der Waals surface area contributed by atoms with Gasteiger partial charge in [0.15, 0.2) is 0 Å². The maximum atomic E-state index is 14.4. The molecule has 9 nitrogen and oxygen atoms in total. The highest BCUT2D eigenvalue weighted by Crippen LogP contribution is 2.51. The summed E-state index contributed by atoms with van der Waals surface area (Å²) in [6.07, 6.45) is 0.970. The zero-order valence-electron chi connectivity index (χ0n) is 25.2. The standard InChI is InChI=1S/C33H43N3O6/c1-6-42-32(40)35-19-17-24(18-20-35)34-30(38)29-26(22-13-9-7-10-14-22)27(31(39)41-5)28(23-15-11-8-12-16-23)36(29)25(37)21-33(2,3)4/h7-16,24,26-29H,6,17-21H2,1-5H3,(H,34,38). The smallest absolute Gasteiger partial charge is 0.409 e. The molecule has 4 unspecified atom stereocenters. The maximum absolute atomic E-state index is 14.4. The number of hydrogen-bond donors (Lipinski definition) is 1. The molecule has 2 saturated heterocycles. The van der Waals surface area contributed by atoms with Crippen molar-refractivity contribution in [3.63, 3.8) is 0 Å². The van der Waals surface area contributed by atoms with E-state index in [2.05, 4.69) is 5.32 Å². The van der Waals surface area contributed by atoms with E-state index in [1.54, 1.807) is 16.7 Å². The molecule has 4 atom stereocenters. The second-order valence-electron chi connectivity index (χ2n) is 12.3. The van der Waals surface area contributed by atoms with E-state index in [1.165, 1.54) is 7.11 Å². The largest absolute Gasteiger partial charge is 0.469 e. The minimum Gasteiger partial charge on any atom is -0.469 e. The zero-order valence-corrected chi connectivity index (χ0v) is 25.2. The Morgan fingerprint density at radius 1 is 0.905 bits per heavy atom. The summed E-state index contributed by atoms with van der Waals surface area (Å²) >= 11 is 0. The van der Waals surface area contributed by atoms with Gasteiger partial charge in [-0.05, 0) is 36.3 Å². The Kier molecular flexibility index (Phi) is 9.91. The summed E-state index contributed by atoms with van der Waals surface area (Å²) in [5.74, 6) is -2.41. The molecule has 9 heteroatoms. The Bertz CT molecular complexity index is 1240. The van der Waals surface area contributed by atoms with Crippen molar-refractivity contribution in [3.05, 3.63) is 71.8 Å². The van der Waals surface area contributed by atoms with Crippen molar-refractivity contribution in [1.82, 2.24) is 15.1 Å². The van der Waals surface area contributed by atoms with Crippen molar-refractivity contribution in [1.29, 1.82) is 0 Å². The number of nitrogens with zero attached hydrogens (tertiary/aromatic N) is 2. The van der Waals surface area contributed by atoms with Crippen LogP contribution < -0.4 is 5.32 Å². The van der Waals surface area contributed by atoms with Gasteiger partial charge in [0.1, 0.15) is 6.04 Å². The van der Waals surface area contributed by atoms with Gasteiger partial charge in [-0.25, -0.2) is 4.79 Å². The van der Waals surface area contributed by atoms with Crippen LogP contribution in [-0.2, 0) is 23.9 Å². The summed E-state index contributed by atoms with van der Waals surface area (Å²) in [6, 6.07) is 17.0. The van der Waals surface area contributed by atoms with Crippen LogP contribution >= 0.6 is 0 Å². The minimum atomic E-state index is -0.945. The first-order valence-electron chi connectivity index (χ1n) is 14.8. The van der Waals surface area contributed by atoms with Crippen LogP contribution in [0, 0.1) is 11.3 Å². The Labute approximate surface area is 248 Å². The topological polar surface area (TPSA) is 105 Å². The van der Waals surface area contributed by atoms with Crippen molar-refractivity contribution in [3.8, 4) is 0 Å². The summed E-state index contributed by atoms with van der Waals surface area (Å²) in [7, 11) is 1.35. The fraction of sp³-hybridized carbons (Fsp3) is 0.515.